The maximum absolute atomic E-state index is 11.4. The van der Waals surface area contributed by atoms with Crippen LogP contribution in [0, 0.1) is 6.92 Å². The van der Waals surface area contributed by atoms with Crippen LogP contribution in [0.2, 0.25) is 0 Å². The van der Waals surface area contributed by atoms with E-state index in [9.17, 15) is 4.79 Å². The number of nitrogens with one attached hydrogen (secondary N) is 1. The molecule has 1 heterocycles. The van der Waals surface area contributed by atoms with Crippen LogP contribution in [0.4, 0.5) is 0 Å². The van der Waals surface area contributed by atoms with Gasteiger partial charge in [-0.15, -0.1) is 0 Å². The molecular weight excluding hydrogens is 178 g/mol. The summed E-state index contributed by atoms with van der Waals surface area (Å²) in [5.74, 6) is 0.981. The van der Waals surface area contributed by atoms with Gasteiger partial charge in [0.2, 0.25) is 0 Å². The van der Waals surface area contributed by atoms with Crippen LogP contribution in [0.1, 0.15) is 29.7 Å². The highest BCUT2D eigenvalue weighted by Crippen LogP contribution is 2.05. The molecule has 0 saturated heterocycles. The molecular formula is C11H15NO2. The number of hydrogen-bond acceptors (Lipinski definition) is 2. The van der Waals surface area contributed by atoms with E-state index in [1.807, 2.05) is 26.0 Å². The largest absolute Gasteiger partial charge is 0.456 e. The molecule has 0 aliphatic rings. The Bertz CT molecular complexity index is 326. The van der Waals surface area contributed by atoms with Crippen molar-refractivity contribution in [2.24, 2.45) is 0 Å². The molecule has 0 aliphatic carbocycles. The minimum atomic E-state index is -0.150. The van der Waals surface area contributed by atoms with Gasteiger partial charge in [0.05, 0.1) is 0 Å². The molecule has 0 aromatic carbocycles. The quantitative estimate of drug-likeness (QED) is 0.588. The molecule has 1 N–H and O–H groups in total. The van der Waals surface area contributed by atoms with Gasteiger partial charge in [0.15, 0.2) is 5.76 Å². The summed E-state index contributed by atoms with van der Waals surface area (Å²) in [4.78, 5) is 11.4. The fraction of sp³-hybridized carbons (Fsp3) is 0.364. The second kappa shape index (κ2) is 5.27. The Kier molecular flexibility index (Phi) is 3.98. The van der Waals surface area contributed by atoms with Gasteiger partial charge in [-0.25, -0.2) is 0 Å². The van der Waals surface area contributed by atoms with Gasteiger partial charge in [0.1, 0.15) is 5.76 Å². The summed E-state index contributed by atoms with van der Waals surface area (Å²) in [6.45, 7) is 4.41. The summed E-state index contributed by atoms with van der Waals surface area (Å²) in [7, 11) is 0. The highest BCUT2D eigenvalue weighted by Gasteiger charge is 2.07. The van der Waals surface area contributed by atoms with E-state index in [0.29, 0.717) is 12.3 Å². The Morgan fingerprint density at radius 2 is 2.36 bits per heavy atom. The Balaban J connectivity index is 2.35. The number of rotatable bonds is 4. The SMILES string of the molecule is C/C=C/CCNC(=O)c1ccc(C)o1. The highest BCUT2D eigenvalue weighted by molar-refractivity contribution is 5.91. The predicted octanol–water partition coefficient (Wildman–Crippen LogP) is 2.28. The lowest BCUT2D eigenvalue weighted by Gasteiger charge is -1.99. The van der Waals surface area contributed by atoms with Crippen molar-refractivity contribution in [3.63, 3.8) is 0 Å². The van der Waals surface area contributed by atoms with Crippen molar-refractivity contribution >= 4 is 5.91 Å². The van der Waals surface area contributed by atoms with Crippen molar-refractivity contribution in [3.8, 4) is 0 Å². The van der Waals surface area contributed by atoms with Crippen LogP contribution in [-0.4, -0.2) is 12.5 Å². The van der Waals surface area contributed by atoms with E-state index in [1.54, 1.807) is 12.1 Å². The Morgan fingerprint density at radius 1 is 1.57 bits per heavy atom. The summed E-state index contributed by atoms with van der Waals surface area (Å²) in [6.07, 6.45) is 4.82. The van der Waals surface area contributed by atoms with Gasteiger partial charge in [0.25, 0.3) is 5.91 Å². The Morgan fingerprint density at radius 3 is 2.93 bits per heavy atom. The molecule has 0 aliphatic heterocycles. The first kappa shape index (κ1) is 10.6. The number of amides is 1. The maximum atomic E-state index is 11.4. The van der Waals surface area contributed by atoms with Crippen molar-refractivity contribution in [3.05, 3.63) is 35.8 Å². The van der Waals surface area contributed by atoms with Crippen LogP contribution in [0.15, 0.2) is 28.7 Å². The van der Waals surface area contributed by atoms with Gasteiger partial charge in [-0.3, -0.25) is 4.79 Å². The highest BCUT2D eigenvalue weighted by atomic mass is 16.3. The van der Waals surface area contributed by atoms with E-state index < -0.39 is 0 Å². The number of carbonyl (C=O) groups is 1. The fourth-order valence-corrected chi connectivity index (χ4v) is 1.08. The van der Waals surface area contributed by atoms with Crippen LogP contribution >= 0.6 is 0 Å². The van der Waals surface area contributed by atoms with Crippen LogP contribution in [0.5, 0.6) is 0 Å². The molecule has 0 saturated carbocycles. The molecule has 76 valence electrons. The van der Waals surface area contributed by atoms with Gasteiger partial charge in [-0.1, -0.05) is 12.2 Å². The molecule has 0 spiro atoms. The lowest BCUT2D eigenvalue weighted by Crippen LogP contribution is -2.23. The van der Waals surface area contributed by atoms with Gasteiger partial charge >= 0.3 is 0 Å². The minimum Gasteiger partial charge on any atom is -0.456 e. The standard InChI is InChI=1S/C11H15NO2/c1-3-4-5-8-12-11(13)10-7-6-9(2)14-10/h3-4,6-7H,5,8H2,1-2H3,(H,12,13)/b4-3+. The smallest absolute Gasteiger partial charge is 0.287 e. The van der Waals surface area contributed by atoms with E-state index in [1.165, 1.54) is 0 Å². The van der Waals surface area contributed by atoms with Crippen molar-refractivity contribution in [1.29, 1.82) is 0 Å². The zero-order valence-electron chi connectivity index (χ0n) is 8.54. The zero-order valence-corrected chi connectivity index (χ0v) is 8.54. The third-order valence-electron chi connectivity index (χ3n) is 1.80. The van der Waals surface area contributed by atoms with Gasteiger partial charge in [0, 0.05) is 6.54 Å². The predicted molar refractivity (Wildman–Crippen MR) is 55.2 cm³/mol. The average Bonchev–Trinajstić information content (AvgIpc) is 2.59. The lowest BCUT2D eigenvalue weighted by molar-refractivity contribution is 0.0925. The third-order valence-corrected chi connectivity index (χ3v) is 1.80. The van der Waals surface area contributed by atoms with Crippen LogP contribution < -0.4 is 5.32 Å². The Hall–Kier alpha value is -1.51. The molecule has 0 radical (unpaired) electrons. The molecule has 1 aromatic heterocycles. The van der Waals surface area contributed by atoms with Crippen molar-refractivity contribution in [2.75, 3.05) is 6.54 Å². The van der Waals surface area contributed by atoms with E-state index in [2.05, 4.69) is 5.32 Å². The lowest BCUT2D eigenvalue weighted by atomic mass is 10.3. The van der Waals surface area contributed by atoms with Crippen molar-refractivity contribution in [1.82, 2.24) is 5.32 Å². The van der Waals surface area contributed by atoms with Gasteiger partial charge < -0.3 is 9.73 Å². The summed E-state index contributed by atoms with van der Waals surface area (Å²) in [5.41, 5.74) is 0. The van der Waals surface area contributed by atoms with E-state index in [4.69, 9.17) is 4.42 Å². The number of furan rings is 1. The normalized spacial score (nSPS) is 10.7. The van der Waals surface area contributed by atoms with Crippen LogP contribution in [0.3, 0.4) is 0 Å². The molecule has 1 amide bonds. The fourth-order valence-electron chi connectivity index (χ4n) is 1.08. The second-order valence-corrected chi connectivity index (χ2v) is 3.02. The molecule has 14 heavy (non-hydrogen) atoms. The molecule has 1 rings (SSSR count). The molecule has 3 heteroatoms. The summed E-state index contributed by atoms with van der Waals surface area (Å²) < 4.78 is 5.17. The molecule has 0 unspecified atom stereocenters. The van der Waals surface area contributed by atoms with E-state index in [-0.39, 0.29) is 5.91 Å². The maximum Gasteiger partial charge on any atom is 0.287 e. The van der Waals surface area contributed by atoms with Crippen LogP contribution in [-0.2, 0) is 0 Å². The monoisotopic (exact) mass is 193 g/mol. The van der Waals surface area contributed by atoms with E-state index in [0.717, 1.165) is 12.2 Å². The number of aryl methyl sites for hydroxylation is 1. The first-order valence-electron chi connectivity index (χ1n) is 4.70. The molecule has 0 fully saturated rings. The topological polar surface area (TPSA) is 42.2 Å². The second-order valence-electron chi connectivity index (χ2n) is 3.02. The summed E-state index contributed by atoms with van der Waals surface area (Å²) in [6, 6.07) is 3.46. The number of carbonyl (C=O) groups excluding carboxylic acids is 1. The average molecular weight is 193 g/mol. The number of hydrogen-bond donors (Lipinski definition) is 1. The Labute approximate surface area is 83.8 Å². The van der Waals surface area contributed by atoms with Gasteiger partial charge in [-0.05, 0) is 32.4 Å². The van der Waals surface area contributed by atoms with E-state index >= 15 is 0 Å². The third kappa shape index (κ3) is 3.09. The summed E-state index contributed by atoms with van der Waals surface area (Å²) >= 11 is 0. The summed E-state index contributed by atoms with van der Waals surface area (Å²) in [5, 5.41) is 2.76. The number of allylic oxidation sites excluding steroid dienone is 1. The van der Waals surface area contributed by atoms with Crippen molar-refractivity contribution < 1.29 is 9.21 Å². The van der Waals surface area contributed by atoms with Crippen LogP contribution in [0.25, 0.3) is 0 Å². The van der Waals surface area contributed by atoms with Gasteiger partial charge in [-0.2, -0.15) is 0 Å². The molecule has 3 nitrogen and oxygen atoms in total. The molecule has 0 atom stereocenters. The molecule has 0 bridgehead atoms. The first-order valence-corrected chi connectivity index (χ1v) is 4.70. The first-order chi connectivity index (χ1) is 6.74. The minimum absolute atomic E-state index is 0.150. The molecule has 1 aromatic rings. The zero-order chi connectivity index (χ0) is 10.4. The van der Waals surface area contributed by atoms with Crippen molar-refractivity contribution in [2.45, 2.75) is 20.3 Å².